The van der Waals surface area contributed by atoms with Crippen LogP contribution in [0.15, 0.2) is 97.2 Å². The van der Waals surface area contributed by atoms with Gasteiger partial charge in [0.15, 0.2) is 12.2 Å². The van der Waals surface area contributed by atoms with Gasteiger partial charge in [0.1, 0.15) is 19.3 Å². The van der Waals surface area contributed by atoms with Crippen LogP contribution in [-0.4, -0.2) is 96.7 Å². The van der Waals surface area contributed by atoms with Crippen molar-refractivity contribution in [3.05, 3.63) is 97.2 Å². The lowest BCUT2D eigenvalue weighted by atomic mass is 10.0. The molecule has 0 saturated heterocycles. The van der Waals surface area contributed by atoms with E-state index >= 15 is 0 Å². The molecule has 0 saturated carbocycles. The SMILES string of the molecule is CC/C=C\C/C=C\C/C=C\C/C=C\C/C=C\CC(=O)OC(COC(=O)CCCCCCCC/C=C\C/C=C\C/C=C\CCCCC)COP(=O)(O)OCC(O)COP(=O)(O)OCC(COC(=O)CCCCCCCCCCCCCCC)OC(=O)CCCCCCCCCCCCC. The van der Waals surface area contributed by atoms with Crippen LogP contribution in [-0.2, 0) is 65.4 Å². The molecule has 0 fully saturated rings. The smallest absolute Gasteiger partial charge is 0.462 e. The van der Waals surface area contributed by atoms with Crippen molar-refractivity contribution in [2.75, 3.05) is 39.6 Å². The first-order valence-corrected chi connectivity index (χ1v) is 41.5. The van der Waals surface area contributed by atoms with Crippen LogP contribution in [0.1, 0.15) is 323 Å². The fraction of sp³-hybridized carbons (Fsp3) is 0.747. The van der Waals surface area contributed by atoms with Gasteiger partial charge < -0.3 is 33.8 Å². The Morgan fingerprint density at radius 3 is 0.929 bits per heavy atom. The van der Waals surface area contributed by atoms with Crippen molar-refractivity contribution in [3.63, 3.8) is 0 Å². The zero-order valence-electron chi connectivity index (χ0n) is 61.7. The van der Waals surface area contributed by atoms with Crippen molar-refractivity contribution in [3.8, 4) is 0 Å². The van der Waals surface area contributed by atoms with Gasteiger partial charge in [0.25, 0.3) is 0 Å². The van der Waals surface area contributed by atoms with Crippen molar-refractivity contribution in [2.24, 2.45) is 0 Å². The Balaban J connectivity index is 5.38. The second-order valence-corrected chi connectivity index (χ2v) is 28.5. The molecule has 0 rings (SSSR count). The number of ether oxygens (including phenoxy) is 4. The van der Waals surface area contributed by atoms with E-state index in [9.17, 15) is 43.2 Å². The lowest BCUT2D eigenvalue weighted by molar-refractivity contribution is -0.161. The van der Waals surface area contributed by atoms with Gasteiger partial charge in [0, 0.05) is 19.3 Å². The Bertz CT molecular complexity index is 2240. The number of esters is 4. The lowest BCUT2D eigenvalue weighted by Gasteiger charge is -2.21. The summed E-state index contributed by atoms with van der Waals surface area (Å²) < 4.78 is 68.3. The Hall–Kier alpha value is -4.02. The fourth-order valence-electron chi connectivity index (χ4n) is 10.2. The number of phosphoric ester groups is 2. The Morgan fingerprint density at radius 2 is 0.571 bits per heavy atom. The molecular formula is C79H138O17P2. The molecular weight excluding hydrogens is 1280 g/mol. The van der Waals surface area contributed by atoms with Gasteiger partial charge in [-0.1, -0.05) is 305 Å². The third kappa shape index (κ3) is 70.4. The third-order valence-corrected chi connectivity index (χ3v) is 18.0. The van der Waals surface area contributed by atoms with Crippen LogP contribution in [0, 0.1) is 0 Å². The minimum Gasteiger partial charge on any atom is -0.462 e. The molecule has 566 valence electrons. The van der Waals surface area contributed by atoms with E-state index in [2.05, 4.69) is 101 Å². The zero-order chi connectivity index (χ0) is 71.8. The molecule has 0 heterocycles. The van der Waals surface area contributed by atoms with Gasteiger partial charge in [-0.2, -0.15) is 0 Å². The molecule has 0 radical (unpaired) electrons. The van der Waals surface area contributed by atoms with Gasteiger partial charge >= 0.3 is 39.5 Å². The molecule has 0 spiro atoms. The van der Waals surface area contributed by atoms with Gasteiger partial charge in [-0.25, -0.2) is 9.13 Å². The summed E-state index contributed by atoms with van der Waals surface area (Å²) in [6.07, 6.45) is 74.3. The number of unbranched alkanes of at least 4 members (excludes halogenated alkanes) is 31. The van der Waals surface area contributed by atoms with E-state index in [1.807, 2.05) is 12.2 Å². The maximum Gasteiger partial charge on any atom is 0.472 e. The highest BCUT2D eigenvalue weighted by atomic mass is 31.2. The maximum absolute atomic E-state index is 13.1. The number of phosphoric acid groups is 2. The van der Waals surface area contributed by atoms with E-state index in [0.717, 1.165) is 128 Å². The molecule has 0 bridgehead atoms. The second-order valence-electron chi connectivity index (χ2n) is 25.6. The van der Waals surface area contributed by atoms with Crippen LogP contribution in [0.5, 0.6) is 0 Å². The van der Waals surface area contributed by atoms with Crippen LogP contribution in [0.3, 0.4) is 0 Å². The molecule has 0 aromatic rings. The second kappa shape index (κ2) is 71.4. The van der Waals surface area contributed by atoms with Crippen LogP contribution in [0.2, 0.25) is 0 Å². The molecule has 0 aliphatic carbocycles. The summed E-state index contributed by atoms with van der Waals surface area (Å²) in [6.45, 7) is 4.62. The Morgan fingerprint density at radius 1 is 0.306 bits per heavy atom. The summed E-state index contributed by atoms with van der Waals surface area (Å²) in [5.74, 6) is -2.32. The summed E-state index contributed by atoms with van der Waals surface area (Å²) in [5, 5.41) is 10.6. The number of rotatable bonds is 72. The predicted octanol–water partition coefficient (Wildman–Crippen LogP) is 22.0. The minimum absolute atomic E-state index is 0.0972. The number of aliphatic hydroxyl groups excluding tert-OH is 1. The molecule has 3 N–H and O–H groups in total. The van der Waals surface area contributed by atoms with Crippen LogP contribution in [0.25, 0.3) is 0 Å². The third-order valence-electron chi connectivity index (χ3n) is 16.1. The summed E-state index contributed by atoms with van der Waals surface area (Å²) >= 11 is 0. The molecule has 5 unspecified atom stereocenters. The van der Waals surface area contributed by atoms with E-state index < -0.39 is 97.5 Å². The number of hydrogen-bond acceptors (Lipinski definition) is 15. The number of allylic oxidation sites excluding steroid dienone is 15. The molecule has 0 aliphatic rings. The van der Waals surface area contributed by atoms with E-state index in [1.165, 1.54) is 116 Å². The van der Waals surface area contributed by atoms with E-state index in [1.54, 1.807) is 12.2 Å². The van der Waals surface area contributed by atoms with Crippen molar-refractivity contribution >= 4 is 39.5 Å². The molecule has 0 aromatic heterocycles. The van der Waals surface area contributed by atoms with Gasteiger partial charge in [-0.05, 0) is 89.9 Å². The largest absolute Gasteiger partial charge is 0.472 e. The average molecular weight is 1420 g/mol. The first-order valence-electron chi connectivity index (χ1n) is 38.5. The maximum atomic E-state index is 13.1. The first-order chi connectivity index (χ1) is 47.7. The summed E-state index contributed by atoms with van der Waals surface area (Å²) in [7, 11) is -9.97. The van der Waals surface area contributed by atoms with Crippen molar-refractivity contribution in [1.29, 1.82) is 0 Å². The fourth-order valence-corrected chi connectivity index (χ4v) is 11.8. The number of carbonyl (C=O) groups is 4. The molecule has 17 nitrogen and oxygen atoms in total. The van der Waals surface area contributed by atoms with Gasteiger partial charge in [0.2, 0.25) is 0 Å². The van der Waals surface area contributed by atoms with E-state index in [0.29, 0.717) is 25.7 Å². The standard InChI is InChI=1S/C79H138O17P2/c1-5-9-13-17-21-25-29-32-34-35-36-37-39-41-45-48-52-56-60-64-77(82)90-70-75(96-79(84)66-62-58-54-50-46-42-38-33-30-26-22-18-14-10-6-2)72-94-98(87,88)92-68-73(80)67-91-97(85,86)93-71-74(95-78(83)65-61-57-53-49-43-28-24-20-16-12-8-4)69-89-76(81)63-59-55-51-47-44-40-31-27-23-19-15-11-7-3/h10,14,21-22,25-26,32-34,36-38,46,50,58,62,73-75,80H,5-9,11-13,15-20,23-24,27-31,35,39-45,47-49,51-57,59-61,63-72H2,1-4H3,(H,85,86)(H,87,88)/b14-10-,25-21-,26-22-,34-32-,37-36-,38-33-,50-46-,62-58-. The number of hydrogen-bond donors (Lipinski definition) is 3. The van der Waals surface area contributed by atoms with Crippen LogP contribution in [0.4, 0.5) is 0 Å². The molecule has 19 heteroatoms. The van der Waals surface area contributed by atoms with Gasteiger partial charge in [-0.3, -0.25) is 37.3 Å². The normalized spacial score (nSPS) is 14.5. The Labute approximate surface area is 595 Å². The quantitative estimate of drug-likeness (QED) is 0.0169. The predicted molar refractivity (Wildman–Crippen MR) is 399 cm³/mol. The van der Waals surface area contributed by atoms with Crippen molar-refractivity contribution in [2.45, 2.75) is 341 Å². The highest BCUT2D eigenvalue weighted by Crippen LogP contribution is 2.45. The molecule has 5 atom stereocenters. The van der Waals surface area contributed by atoms with E-state index in [-0.39, 0.29) is 25.7 Å². The van der Waals surface area contributed by atoms with Crippen molar-refractivity contribution < 1.29 is 80.2 Å². The summed E-state index contributed by atoms with van der Waals surface area (Å²) in [4.78, 5) is 72.7. The number of aliphatic hydroxyl groups is 1. The average Bonchev–Trinajstić information content (AvgIpc) is 1.06. The minimum atomic E-state index is -5.00. The number of carbonyl (C=O) groups excluding carboxylic acids is 4. The van der Waals surface area contributed by atoms with Gasteiger partial charge in [0.05, 0.1) is 32.8 Å². The van der Waals surface area contributed by atoms with Crippen LogP contribution >= 0.6 is 15.6 Å². The molecule has 0 amide bonds. The first kappa shape index (κ1) is 94.0. The molecule has 0 aromatic carbocycles. The molecule has 0 aliphatic heterocycles. The topological polar surface area (TPSA) is 237 Å². The summed E-state index contributed by atoms with van der Waals surface area (Å²) in [5.41, 5.74) is 0. The molecule has 98 heavy (non-hydrogen) atoms. The monoisotopic (exact) mass is 1420 g/mol. The lowest BCUT2D eigenvalue weighted by Crippen LogP contribution is -2.30. The summed E-state index contributed by atoms with van der Waals surface area (Å²) in [6, 6.07) is 0. The Kier molecular flexibility index (Phi) is 68.4. The highest BCUT2D eigenvalue weighted by molar-refractivity contribution is 7.47. The van der Waals surface area contributed by atoms with Crippen molar-refractivity contribution in [1.82, 2.24) is 0 Å². The van der Waals surface area contributed by atoms with E-state index in [4.69, 9.17) is 37.0 Å². The zero-order valence-corrected chi connectivity index (χ0v) is 63.5. The van der Waals surface area contributed by atoms with Crippen LogP contribution < -0.4 is 0 Å². The highest BCUT2D eigenvalue weighted by Gasteiger charge is 2.30. The van der Waals surface area contributed by atoms with Gasteiger partial charge in [-0.15, -0.1) is 0 Å².